The molecule has 0 fully saturated rings. The molecule has 5 heteroatoms. The summed E-state index contributed by atoms with van der Waals surface area (Å²) >= 11 is 1.20. The molecule has 0 aliphatic rings. The molecule has 0 unspecified atom stereocenters. The highest BCUT2D eigenvalue weighted by Crippen LogP contribution is 2.28. The molecule has 2 aromatic rings. The van der Waals surface area contributed by atoms with Gasteiger partial charge in [0.05, 0.1) is 11.0 Å². The molecule has 0 radical (unpaired) electrons. The maximum Gasteiger partial charge on any atom is 0.338 e. The summed E-state index contributed by atoms with van der Waals surface area (Å²) in [6.07, 6.45) is 0. The molecule has 4 nitrogen and oxygen atoms in total. The number of carboxylic acids is 1. The fraction of sp³-hybridized carbons (Fsp3) is 0.200. The Bertz CT molecular complexity index is 632. The quantitative estimate of drug-likeness (QED) is 0.907. The summed E-state index contributed by atoms with van der Waals surface area (Å²) in [5, 5.41) is 13.8. The van der Waals surface area contributed by atoms with Gasteiger partial charge in [0, 0.05) is 0 Å². The van der Waals surface area contributed by atoms with E-state index in [0.717, 1.165) is 5.56 Å². The van der Waals surface area contributed by atoms with Gasteiger partial charge in [0.2, 0.25) is 5.91 Å². The Labute approximate surface area is 121 Å². The van der Waals surface area contributed by atoms with Crippen molar-refractivity contribution in [2.24, 2.45) is 0 Å². The van der Waals surface area contributed by atoms with Crippen LogP contribution in [0.15, 0.2) is 41.8 Å². The van der Waals surface area contributed by atoms with Gasteiger partial charge in [-0.1, -0.05) is 30.3 Å². The van der Waals surface area contributed by atoms with Crippen molar-refractivity contribution in [1.29, 1.82) is 0 Å². The maximum atomic E-state index is 12.4. The minimum absolute atomic E-state index is 0.118. The van der Waals surface area contributed by atoms with Crippen molar-refractivity contribution in [1.82, 2.24) is 0 Å². The second-order valence-electron chi connectivity index (χ2n) is 4.91. The molecule has 1 amide bonds. The van der Waals surface area contributed by atoms with Gasteiger partial charge in [0.1, 0.15) is 5.00 Å². The number of anilines is 1. The predicted molar refractivity (Wildman–Crippen MR) is 79.4 cm³/mol. The van der Waals surface area contributed by atoms with Gasteiger partial charge in [-0.15, -0.1) is 11.3 Å². The van der Waals surface area contributed by atoms with Gasteiger partial charge in [0.15, 0.2) is 0 Å². The first kappa shape index (κ1) is 14.3. The number of nitrogens with one attached hydrogen (secondary N) is 1. The van der Waals surface area contributed by atoms with Gasteiger partial charge in [-0.3, -0.25) is 4.79 Å². The number of carbonyl (C=O) groups excluding carboxylic acids is 1. The second-order valence-corrected chi connectivity index (χ2v) is 5.83. The summed E-state index contributed by atoms with van der Waals surface area (Å²) in [5.41, 5.74) is 0.263. The molecular weight excluding hydrogens is 274 g/mol. The third kappa shape index (κ3) is 2.72. The number of amides is 1. The van der Waals surface area contributed by atoms with Crippen molar-refractivity contribution in [2.45, 2.75) is 19.3 Å². The summed E-state index contributed by atoms with van der Waals surface area (Å²) in [5.74, 6) is -1.27. The number of hydrogen-bond acceptors (Lipinski definition) is 3. The molecule has 1 heterocycles. The molecule has 20 heavy (non-hydrogen) atoms. The lowest BCUT2D eigenvalue weighted by atomic mass is 9.84. The van der Waals surface area contributed by atoms with E-state index in [-0.39, 0.29) is 11.5 Å². The van der Waals surface area contributed by atoms with Crippen molar-refractivity contribution >= 4 is 28.2 Å². The van der Waals surface area contributed by atoms with E-state index < -0.39 is 11.4 Å². The molecule has 0 saturated carbocycles. The normalized spacial score (nSPS) is 11.1. The van der Waals surface area contributed by atoms with E-state index in [1.54, 1.807) is 5.38 Å². The third-order valence-electron chi connectivity index (χ3n) is 3.19. The van der Waals surface area contributed by atoms with Crippen LogP contribution in [0.4, 0.5) is 5.00 Å². The Morgan fingerprint density at radius 3 is 2.40 bits per heavy atom. The van der Waals surface area contributed by atoms with E-state index in [0.29, 0.717) is 5.00 Å². The first-order valence-electron chi connectivity index (χ1n) is 6.10. The molecule has 2 rings (SSSR count). The summed E-state index contributed by atoms with van der Waals surface area (Å²) in [4.78, 5) is 23.4. The zero-order valence-corrected chi connectivity index (χ0v) is 12.0. The number of benzene rings is 1. The largest absolute Gasteiger partial charge is 0.478 e. The van der Waals surface area contributed by atoms with Crippen LogP contribution in [0.25, 0.3) is 0 Å². The number of thiophene rings is 1. The first-order valence-corrected chi connectivity index (χ1v) is 6.98. The minimum Gasteiger partial charge on any atom is -0.478 e. The molecule has 0 bridgehead atoms. The minimum atomic E-state index is -1.04. The number of aromatic carboxylic acids is 1. The van der Waals surface area contributed by atoms with E-state index >= 15 is 0 Å². The van der Waals surface area contributed by atoms with Crippen LogP contribution >= 0.6 is 11.3 Å². The van der Waals surface area contributed by atoms with E-state index in [9.17, 15) is 9.59 Å². The van der Waals surface area contributed by atoms with Crippen molar-refractivity contribution < 1.29 is 14.7 Å². The molecule has 0 aliphatic heterocycles. The highest BCUT2D eigenvalue weighted by atomic mass is 32.1. The summed E-state index contributed by atoms with van der Waals surface area (Å²) in [6, 6.07) is 10.9. The predicted octanol–water partition coefficient (Wildman–Crippen LogP) is 3.36. The van der Waals surface area contributed by atoms with Gasteiger partial charge in [-0.25, -0.2) is 4.79 Å². The second kappa shape index (κ2) is 5.46. The maximum absolute atomic E-state index is 12.4. The fourth-order valence-corrected chi connectivity index (χ4v) is 2.59. The van der Waals surface area contributed by atoms with Crippen molar-refractivity contribution in [3.8, 4) is 0 Å². The van der Waals surface area contributed by atoms with Crippen LogP contribution in [0.1, 0.15) is 29.8 Å². The van der Waals surface area contributed by atoms with Gasteiger partial charge in [-0.2, -0.15) is 0 Å². The van der Waals surface area contributed by atoms with E-state index in [4.69, 9.17) is 5.11 Å². The van der Waals surface area contributed by atoms with Crippen LogP contribution in [0, 0.1) is 0 Å². The Kier molecular flexibility index (Phi) is 3.90. The zero-order valence-electron chi connectivity index (χ0n) is 11.2. The Balaban J connectivity index is 2.24. The smallest absolute Gasteiger partial charge is 0.338 e. The van der Waals surface area contributed by atoms with Crippen molar-refractivity contribution in [3.63, 3.8) is 0 Å². The van der Waals surface area contributed by atoms with Gasteiger partial charge >= 0.3 is 5.97 Å². The summed E-state index contributed by atoms with van der Waals surface area (Å²) in [7, 11) is 0. The number of carbonyl (C=O) groups is 2. The summed E-state index contributed by atoms with van der Waals surface area (Å²) < 4.78 is 0. The topological polar surface area (TPSA) is 66.4 Å². The third-order valence-corrected chi connectivity index (χ3v) is 4.02. The van der Waals surface area contributed by atoms with Crippen LogP contribution in [0.2, 0.25) is 0 Å². The molecule has 1 aromatic carbocycles. The standard InChI is InChI=1S/C15H15NO3S/c1-15(2,10-6-4-3-5-7-10)14(19)16-12-11(13(17)18)8-9-20-12/h3-9H,1-2H3,(H,16,19)(H,17,18). The van der Waals surface area contributed by atoms with Crippen LogP contribution in [0.3, 0.4) is 0 Å². The molecule has 0 atom stereocenters. The van der Waals surface area contributed by atoms with Gasteiger partial charge in [-0.05, 0) is 30.9 Å². The van der Waals surface area contributed by atoms with Crippen LogP contribution in [-0.2, 0) is 10.2 Å². The number of rotatable bonds is 4. The van der Waals surface area contributed by atoms with Crippen LogP contribution in [-0.4, -0.2) is 17.0 Å². The van der Waals surface area contributed by atoms with E-state index in [2.05, 4.69) is 5.32 Å². The molecule has 0 spiro atoms. The number of carboxylic acid groups (broad SMARTS) is 1. The van der Waals surface area contributed by atoms with Gasteiger partial charge in [0.25, 0.3) is 0 Å². The van der Waals surface area contributed by atoms with E-state index in [1.165, 1.54) is 17.4 Å². The highest BCUT2D eigenvalue weighted by molar-refractivity contribution is 7.14. The Hall–Kier alpha value is -2.14. The Morgan fingerprint density at radius 1 is 1.15 bits per heavy atom. The van der Waals surface area contributed by atoms with Gasteiger partial charge < -0.3 is 10.4 Å². The lowest BCUT2D eigenvalue weighted by Crippen LogP contribution is -2.34. The highest BCUT2D eigenvalue weighted by Gasteiger charge is 2.30. The fourth-order valence-electron chi connectivity index (χ4n) is 1.82. The van der Waals surface area contributed by atoms with Crippen molar-refractivity contribution in [3.05, 3.63) is 52.9 Å². The molecule has 104 valence electrons. The molecule has 1 aromatic heterocycles. The summed E-state index contributed by atoms with van der Waals surface area (Å²) in [6.45, 7) is 3.62. The monoisotopic (exact) mass is 289 g/mol. The lowest BCUT2D eigenvalue weighted by molar-refractivity contribution is -0.120. The molecule has 0 aliphatic carbocycles. The molecule has 0 saturated heterocycles. The van der Waals surface area contributed by atoms with Crippen molar-refractivity contribution in [2.75, 3.05) is 5.32 Å². The van der Waals surface area contributed by atoms with Crippen LogP contribution in [0.5, 0.6) is 0 Å². The number of hydrogen-bond donors (Lipinski definition) is 2. The molecule has 2 N–H and O–H groups in total. The van der Waals surface area contributed by atoms with E-state index in [1.807, 2.05) is 44.2 Å². The lowest BCUT2D eigenvalue weighted by Gasteiger charge is -2.23. The average molecular weight is 289 g/mol. The zero-order chi connectivity index (χ0) is 14.8. The molecular formula is C15H15NO3S. The SMILES string of the molecule is CC(C)(C(=O)Nc1sccc1C(=O)O)c1ccccc1. The average Bonchev–Trinajstić information content (AvgIpc) is 2.88. The Morgan fingerprint density at radius 2 is 1.80 bits per heavy atom. The van der Waals surface area contributed by atoms with Crippen LogP contribution < -0.4 is 5.32 Å². The first-order chi connectivity index (χ1) is 9.43.